The van der Waals surface area contributed by atoms with E-state index in [1.54, 1.807) is 41.5 Å². The minimum atomic E-state index is -1.96. The summed E-state index contributed by atoms with van der Waals surface area (Å²) in [6, 6.07) is 14.3. The van der Waals surface area contributed by atoms with Gasteiger partial charge in [-0.05, 0) is 86.7 Å². The molecule has 7 aromatic rings. The van der Waals surface area contributed by atoms with Gasteiger partial charge in [-0.1, -0.05) is 38.1 Å². The predicted molar refractivity (Wildman–Crippen MR) is 294 cm³/mol. The number of fused-ring (bicyclic) bond motifs is 8. The number of nitrogens with zero attached hydrogens (tertiary/aromatic N) is 9. The van der Waals surface area contributed by atoms with E-state index in [2.05, 4.69) is 22.5 Å². The Kier molecular flexibility index (Phi) is 13.1. The third kappa shape index (κ3) is 8.22. The zero-order chi connectivity index (χ0) is 56.3. The highest BCUT2D eigenvalue weighted by Gasteiger charge is 2.50. The number of alkyl halides is 1. The Morgan fingerprint density at radius 1 is 1.07 bits per heavy atom. The lowest BCUT2D eigenvalue weighted by Gasteiger charge is -2.42. The number of cyclic esters (lactones) is 1. The van der Waals surface area contributed by atoms with E-state index < -0.39 is 53.0 Å². The normalized spacial score (nSPS) is 21.7. The molecule has 0 spiro atoms. The quantitative estimate of drug-likeness (QED) is 0.0861. The summed E-state index contributed by atoms with van der Waals surface area (Å²) in [7, 11) is 0. The van der Waals surface area contributed by atoms with Crippen LogP contribution in [0.4, 0.5) is 24.0 Å². The van der Waals surface area contributed by atoms with Crippen LogP contribution in [-0.2, 0) is 39.5 Å². The van der Waals surface area contributed by atoms with Gasteiger partial charge in [-0.3, -0.25) is 14.5 Å². The van der Waals surface area contributed by atoms with Crippen LogP contribution in [0.5, 0.6) is 11.8 Å². The van der Waals surface area contributed by atoms with Gasteiger partial charge >= 0.3 is 12.0 Å². The zero-order valence-corrected chi connectivity index (χ0v) is 45.4. The highest BCUT2D eigenvalue weighted by atomic mass is 35.5. The first kappa shape index (κ1) is 52.9. The number of rotatable bonds is 12. The molecule has 1 amide bonds. The van der Waals surface area contributed by atoms with E-state index >= 15 is 8.78 Å². The summed E-state index contributed by atoms with van der Waals surface area (Å²) in [6.45, 7) is 10.8. The van der Waals surface area contributed by atoms with Crippen molar-refractivity contribution in [3.8, 4) is 46.4 Å². The largest absolute Gasteiger partial charge is 0.486 e. The van der Waals surface area contributed by atoms with E-state index in [1.807, 2.05) is 24.0 Å². The number of pyridine rings is 2. The van der Waals surface area contributed by atoms with Gasteiger partial charge in [0.1, 0.15) is 59.5 Å². The van der Waals surface area contributed by atoms with Crippen molar-refractivity contribution in [1.82, 2.24) is 29.3 Å². The maximum atomic E-state index is 17.6. The minimum absolute atomic E-state index is 0.0214. The Hall–Kier alpha value is -7.82. The number of benzene rings is 3. The summed E-state index contributed by atoms with van der Waals surface area (Å²) in [5, 5.41) is 32.6. The number of aromatic nitrogens is 4. The number of nitriles is 2. The lowest BCUT2D eigenvalue weighted by atomic mass is 9.86. The maximum absolute atomic E-state index is 17.6. The van der Waals surface area contributed by atoms with Crippen molar-refractivity contribution in [2.75, 3.05) is 50.0 Å². The standard InChI is InChI=1S/C58H52ClF3N10O7S/c1-5-33-35-18-32(8-11-43(35)66-48-38(33)25-72-44(48)20-40-39(54(72)74)26-77-55(75)58(40,76)6-2)79-29(4)28(3)53(73)71-17-16-69(24-31(71)12-14-63)52-36-19-41(59)46(34-9-10-42(61)50-45(34)37(22-64)51(65)80-50)47(62)49(36)67-56(68-52)78-27-57-13-7-15-70(57)23-30(60)21-57/h8-11,18-20,29-31,76H,3,5-7,12-13,15-17,21,23-27,65H2,1-2,4H3. The molecule has 0 aliphatic carbocycles. The summed E-state index contributed by atoms with van der Waals surface area (Å²) >= 11 is 7.87. The first-order chi connectivity index (χ1) is 38.4. The number of carbonyl (C=O) groups excluding carboxylic acids is 2. The van der Waals surface area contributed by atoms with E-state index in [1.165, 1.54) is 12.1 Å². The van der Waals surface area contributed by atoms with Gasteiger partial charge in [0, 0.05) is 71.0 Å². The molecule has 22 heteroatoms. The second kappa shape index (κ2) is 19.8. The number of aryl methyl sites for hydroxylation is 1. The number of piperazine rings is 1. The molecule has 5 atom stereocenters. The van der Waals surface area contributed by atoms with Gasteiger partial charge in [0.25, 0.3) is 11.5 Å². The third-order valence-electron chi connectivity index (χ3n) is 16.9. The van der Waals surface area contributed by atoms with Crippen LogP contribution >= 0.6 is 22.9 Å². The molecule has 3 N–H and O–H groups in total. The Labute approximate surface area is 465 Å². The number of anilines is 2. The Balaban J connectivity index is 0.829. The van der Waals surface area contributed by atoms with E-state index in [0.29, 0.717) is 42.0 Å². The fourth-order valence-corrected chi connectivity index (χ4v) is 14.0. The van der Waals surface area contributed by atoms with Crippen molar-refractivity contribution < 1.29 is 42.1 Å². The van der Waals surface area contributed by atoms with E-state index in [4.69, 9.17) is 41.5 Å². The number of hydrogen-bond donors (Lipinski definition) is 2. The topological polar surface area (TPSA) is 226 Å². The number of halogens is 4. The molecule has 3 fully saturated rings. The van der Waals surface area contributed by atoms with Crippen molar-refractivity contribution in [2.45, 2.75) is 102 Å². The molecule has 410 valence electrons. The monoisotopic (exact) mass is 1120 g/mol. The van der Waals surface area contributed by atoms with Gasteiger partial charge in [-0.2, -0.15) is 20.5 Å². The highest BCUT2D eigenvalue weighted by Crippen LogP contribution is 2.47. The molecule has 12 rings (SSSR count). The van der Waals surface area contributed by atoms with Crippen LogP contribution in [-0.4, -0.2) is 109 Å². The first-order valence-electron chi connectivity index (χ1n) is 26.5. The number of nitrogen functional groups attached to an aromatic ring is 1. The third-order valence-corrected chi connectivity index (χ3v) is 18.2. The van der Waals surface area contributed by atoms with Crippen LogP contribution < -0.4 is 25.7 Å². The molecule has 0 radical (unpaired) electrons. The Morgan fingerprint density at radius 3 is 2.65 bits per heavy atom. The number of hydrogen-bond acceptors (Lipinski definition) is 16. The van der Waals surface area contributed by atoms with Gasteiger partial charge in [0.05, 0.1) is 68.4 Å². The van der Waals surface area contributed by atoms with E-state index in [-0.39, 0.29) is 147 Å². The Morgan fingerprint density at radius 2 is 1.89 bits per heavy atom. The lowest BCUT2D eigenvalue weighted by Crippen LogP contribution is -2.56. The van der Waals surface area contributed by atoms with Crippen molar-refractivity contribution in [1.29, 1.82) is 10.5 Å². The van der Waals surface area contributed by atoms with Gasteiger partial charge in [0.2, 0.25) is 0 Å². The van der Waals surface area contributed by atoms with Crippen LogP contribution in [0.2, 0.25) is 5.02 Å². The molecule has 0 saturated carbocycles. The molecule has 17 nitrogen and oxygen atoms in total. The van der Waals surface area contributed by atoms with Crippen molar-refractivity contribution in [3.05, 3.63) is 109 Å². The smallest absolute Gasteiger partial charge is 0.343 e. The van der Waals surface area contributed by atoms with Crippen molar-refractivity contribution in [3.63, 3.8) is 0 Å². The second-order valence-corrected chi connectivity index (χ2v) is 22.6. The highest BCUT2D eigenvalue weighted by molar-refractivity contribution is 7.23. The molecule has 3 aromatic carbocycles. The summed E-state index contributed by atoms with van der Waals surface area (Å²) < 4.78 is 67.3. The fourth-order valence-electron chi connectivity index (χ4n) is 12.7. The molecule has 5 aliphatic rings. The summed E-state index contributed by atoms with van der Waals surface area (Å²) in [5.74, 6) is -2.17. The molecule has 5 unspecified atom stereocenters. The van der Waals surface area contributed by atoms with Crippen molar-refractivity contribution >= 4 is 77.5 Å². The van der Waals surface area contributed by atoms with Gasteiger partial charge in [0.15, 0.2) is 11.4 Å². The van der Waals surface area contributed by atoms with Crippen LogP contribution in [0.15, 0.2) is 59.4 Å². The second-order valence-electron chi connectivity index (χ2n) is 21.2. The lowest BCUT2D eigenvalue weighted by molar-refractivity contribution is -0.172. The van der Waals surface area contributed by atoms with Gasteiger partial charge in [-0.25, -0.2) is 22.9 Å². The summed E-state index contributed by atoms with van der Waals surface area (Å²) in [6.07, 6.45) is 0.387. The molecular formula is C58H52ClF3N10O7S. The fraction of sp³-hybridized carbons (Fsp3) is 0.379. The molecular weight excluding hydrogens is 1070 g/mol. The number of carbonyl (C=O) groups is 2. The van der Waals surface area contributed by atoms with E-state index in [9.17, 15) is 34.4 Å². The minimum Gasteiger partial charge on any atom is -0.486 e. The van der Waals surface area contributed by atoms with Crippen LogP contribution in [0.3, 0.4) is 0 Å². The summed E-state index contributed by atoms with van der Waals surface area (Å²) in [5.41, 5.74) is 6.98. The average Bonchev–Trinajstić information content (AvgIpc) is 3.66. The predicted octanol–water partition coefficient (Wildman–Crippen LogP) is 8.76. The van der Waals surface area contributed by atoms with Crippen molar-refractivity contribution in [2.24, 2.45) is 0 Å². The SMILES string of the molecule is C=C(C(=O)N1CCN(c2nc(OCC34CCCN3CC(F)C4)nc3c(F)c(-c4ccc(F)c5sc(N)c(C#N)c45)c(Cl)cc23)CC1CC#N)C(C)Oc1ccc2nc3c(c(CC)c2c1)Cn1c-3cc2c(c1=O)COC(=O)C2(O)CC. The summed E-state index contributed by atoms with van der Waals surface area (Å²) in [4.78, 5) is 61.1. The zero-order valence-electron chi connectivity index (χ0n) is 43.8. The number of thiophene rings is 1. The van der Waals surface area contributed by atoms with Gasteiger partial charge in [-0.15, -0.1) is 11.3 Å². The van der Waals surface area contributed by atoms with Crippen LogP contribution in [0, 0.1) is 34.3 Å². The average molecular weight is 1130 g/mol. The molecule has 5 aliphatic heterocycles. The van der Waals surface area contributed by atoms with E-state index in [0.717, 1.165) is 40.3 Å². The molecule has 80 heavy (non-hydrogen) atoms. The number of aliphatic hydroxyl groups is 1. The van der Waals surface area contributed by atoms with Gasteiger partial charge < -0.3 is 39.4 Å². The van der Waals surface area contributed by atoms with Crippen LogP contribution in [0.1, 0.15) is 80.7 Å². The molecule has 0 bridgehead atoms. The van der Waals surface area contributed by atoms with Crippen LogP contribution in [0.25, 0.3) is 54.4 Å². The maximum Gasteiger partial charge on any atom is 0.343 e. The Bertz CT molecular complexity index is 4010. The molecule has 9 heterocycles. The number of amides is 1. The molecule has 3 saturated heterocycles. The number of nitrogens with two attached hydrogens (primary N) is 1. The molecule has 4 aromatic heterocycles. The number of esters is 1. The first-order valence-corrected chi connectivity index (χ1v) is 27.6. The number of ether oxygens (including phenoxy) is 3.